The number of carbonyl (C=O) groups is 2. The lowest BCUT2D eigenvalue weighted by molar-refractivity contribution is -0.139. The zero-order valence-corrected chi connectivity index (χ0v) is 12.0. The molecule has 1 fully saturated rings. The summed E-state index contributed by atoms with van der Waals surface area (Å²) in [5, 5.41) is 9.29. The van der Waals surface area contributed by atoms with Crippen LogP contribution >= 0.6 is 0 Å². The molecule has 1 aliphatic heterocycles. The van der Waals surface area contributed by atoms with Gasteiger partial charge in [0.25, 0.3) is 5.91 Å². The molecule has 1 atom stereocenters. The summed E-state index contributed by atoms with van der Waals surface area (Å²) < 4.78 is 4.58. The summed E-state index contributed by atoms with van der Waals surface area (Å²) in [5.74, 6) is -0.239. The van der Waals surface area contributed by atoms with Crippen LogP contribution in [0, 0.1) is 0 Å². The van der Waals surface area contributed by atoms with Gasteiger partial charge < -0.3 is 19.6 Å². The molecule has 1 aromatic rings. The lowest BCUT2D eigenvalue weighted by Gasteiger charge is -2.35. The average molecular weight is 294 g/mol. The maximum atomic E-state index is 11.7. The van der Waals surface area contributed by atoms with Crippen molar-refractivity contribution in [3.63, 3.8) is 0 Å². The van der Waals surface area contributed by atoms with Crippen molar-refractivity contribution in [3.05, 3.63) is 18.0 Å². The molecule has 2 heterocycles. The van der Waals surface area contributed by atoms with E-state index in [0.717, 1.165) is 0 Å². The van der Waals surface area contributed by atoms with Crippen molar-refractivity contribution >= 4 is 17.8 Å². The van der Waals surface area contributed by atoms with Gasteiger partial charge in [0.1, 0.15) is 6.10 Å². The lowest BCUT2D eigenvalue weighted by Crippen LogP contribution is -2.51. The summed E-state index contributed by atoms with van der Waals surface area (Å²) in [5.41, 5.74) is 0.296. The van der Waals surface area contributed by atoms with E-state index in [1.807, 2.05) is 4.90 Å². The minimum Gasteiger partial charge on any atom is -0.465 e. The van der Waals surface area contributed by atoms with E-state index in [1.54, 1.807) is 4.90 Å². The van der Waals surface area contributed by atoms with Crippen LogP contribution in [0.25, 0.3) is 0 Å². The Labute approximate surface area is 122 Å². The van der Waals surface area contributed by atoms with Crippen LogP contribution in [0.5, 0.6) is 0 Å². The molecule has 0 aliphatic carbocycles. The Morgan fingerprint density at radius 1 is 1.24 bits per heavy atom. The van der Waals surface area contributed by atoms with E-state index in [4.69, 9.17) is 0 Å². The number of methoxy groups -OCH3 is 1. The molecule has 114 valence electrons. The predicted octanol–water partition coefficient (Wildman–Crippen LogP) is -0.707. The number of rotatable bonds is 3. The highest BCUT2D eigenvalue weighted by molar-refractivity contribution is 5.88. The number of hydrogen-bond acceptors (Lipinski definition) is 7. The first-order valence-electron chi connectivity index (χ1n) is 6.65. The van der Waals surface area contributed by atoms with Crippen molar-refractivity contribution in [2.24, 2.45) is 0 Å². The van der Waals surface area contributed by atoms with Crippen molar-refractivity contribution in [2.75, 3.05) is 38.2 Å². The van der Waals surface area contributed by atoms with E-state index in [1.165, 1.54) is 26.4 Å². The van der Waals surface area contributed by atoms with Crippen molar-refractivity contribution in [1.29, 1.82) is 0 Å². The number of piperazine rings is 1. The van der Waals surface area contributed by atoms with E-state index in [0.29, 0.717) is 37.7 Å². The Morgan fingerprint density at radius 2 is 1.81 bits per heavy atom. The predicted molar refractivity (Wildman–Crippen MR) is 73.8 cm³/mol. The topological polar surface area (TPSA) is 95.9 Å². The Balaban J connectivity index is 1.96. The Bertz CT molecular complexity index is 509. The fraction of sp³-hybridized carbons (Fsp3) is 0.538. The fourth-order valence-corrected chi connectivity index (χ4v) is 2.10. The third-order valence-electron chi connectivity index (χ3n) is 3.29. The summed E-state index contributed by atoms with van der Waals surface area (Å²) >= 11 is 0. The maximum absolute atomic E-state index is 11.7. The van der Waals surface area contributed by atoms with Gasteiger partial charge in [-0.25, -0.2) is 14.8 Å². The minimum absolute atomic E-state index is 0.267. The molecule has 1 N–H and O–H groups in total. The van der Waals surface area contributed by atoms with Crippen LogP contribution in [0.15, 0.2) is 12.4 Å². The minimum atomic E-state index is -0.980. The number of ether oxygens (including phenoxy) is 1. The smallest absolute Gasteiger partial charge is 0.341 e. The second-order valence-corrected chi connectivity index (χ2v) is 4.75. The lowest BCUT2D eigenvalue weighted by atomic mass is 10.2. The normalized spacial score (nSPS) is 16.5. The largest absolute Gasteiger partial charge is 0.465 e. The second kappa shape index (κ2) is 6.49. The van der Waals surface area contributed by atoms with Crippen LogP contribution in [0.3, 0.4) is 0 Å². The number of nitrogens with zero attached hydrogens (tertiary/aromatic N) is 4. The molecule has 0 spiro atoms. The van der Waals surface area contributed by atoms with Crippen LogP contribution in [0.1, 0.15) is 17.3 Å². The standard InChI is InChI=1S/C13H18N4O4/c1-9(18)11(19)16-3-5-17(6-4-16)13-14-7-10(8-15-13)12(20)21-2/h7-9,18H,3-6H2,1-2H3/t9-/m0/s1. The number of anilines is 1. The number of amides is 1. The van der Waals surface area contributed by atoms with Gasteiger partial charge in [-0.2, -0.15) is 0 Å². The van der Waals surface area contributed by atoms with Crippen LogP contribution in [0.4, 0.5) is 5.95 Å². The summed E-state index contributed by atoms with van der Waals surface area (Å²) in [6, 6.07) is 0. The molecule has 1 aliphatic rings. The monoisotopic (exact) mass is 294 g/mol. The first kappa shape index (κ1) is 15.2. The molecule has 8 nitrogen and oxygen atoms in total. The van der Waals surface area contributed by atoms with Gasteiger partial charge in [0.05, 0.1) is 12.7 Å². The highest BCUT2D eigenvalue weighted by Crippen LogP contribution is 2.12. The van der Waals surface area contributed by atoms with Crippen molar-refractivity contribution < 1.29 is 19.4 Å². The molecule has 0 bridgehead atoms. The van der Waals surface area contributed by atoms with E-state index >= 15 is 0 Å². The third-order valence-corrected chi connectivity index (χ3v) is 3.29. The number of esters is 1. The Morgan fingerprint density at radius 3 is 2.29 bits per heavy atom. The quantitative estimate of drug-likeness (QED) is 0.736. The Kier molecular flexibility index (Phi) is 4.69. The number of hydrogen-bond donors (Lipinski definition) is 1. The van der Waals surface area contributed by atoms with Gasteiger partial charge in [-0.3, -0.25) is 4.79 Å². The van der Waals surface area contributed by atoms with E-state index in [2.05, 4.69) is 14.7 Å². The molecule has 1 saturated heterocycles. The number of carbonyl (C=O) groups excluding carboxylic acids is 2. The molecule has 0 saturated carbocycles. The van der Waals surface area contributed by atoms with E-state index in [-0.39, 0.29) is 5.91 Å². The van der Waals surface area contributed by atoms with Crippen LogP contribution in [-0.4, -0.2) is 71.2 Å². The van der Waals surface area contributed by atoms with Crippen molar-refractivity contribution in [2.45, 2.75) is 13.0 Å². The summed E-state index contributed by atoms with van der Waals surface area (Å²) in [4.78, 5) is 34.8. The summed E-state index contributed by atoms with van der Waals surface area (Å²) in [7, 11) is 1.30. The number of aliphatic hydroxyl groups is 1. The summed E-state index contributed by atoms with van der Waals surface area (Å²) in [6.07, 6.45) is 1.86. The molecule has 2 rings (SSSR count). The van der Waals surface area contributed by atoms with Crippen LogP contribution < -0.4 is 4.90 Å². The van der Waals surface area contributed by atoms with Crippen molar-refractivity contribution in [3.8, 4) is 0 Å². The van der Waals surface area contributed by atoms with Gasteiger partial charge in [-0.05, 0) is 6.92 Å². The number of aromatic nitrogens is 2. The zero-order chi connectivity index (χ0) is 15.4. The van der Waals surface area contributed by atoms with Gasteiger partial charge in [0.2, 0.25) is 5.95 Å². The zero-order valence-electron chi connectivity index (χ0n) is 12.0. The molecular weight excluding hydrogens is 276 g/mol. The first-order chi connectivity index (χ1) is 10.0. The number of aliphatic hydroxyl groups excluding tert-OH is 1. The maximum Gasteiger partial charge on any atom is 0.341 e. The van der Waals surface area contributed by atoms with Gasteiger partial charge in [-0.15, -0.1) is 0 Å². The van der Waals surface area contributed by atoms with Crippen molar-refractivity contribution in [1.82, 2.24) is 14.9 Å². The fourth-order valence-electron chi connectivity index (χ4n) is 2.10. The molecule has 8 heteroatoms. The van der Waals surface area contributed by atoms with Crippen LogP contribution in [0.2, 0.25) is 0 Å². The molecule has 1 amide bonds. The molecular formula is C13H18N4O4. The van der Waals surface area contributed by atoms with Gasteiger partial charge in [0.15, 0.2) is 0 Å². The molecule has 21 heavy (non-hydrogen) atoms. The SMILES string of the molecule is COC(=O)c1cnc(N2CCN(C(=O)[C@H](C)O)CC2)nc1. The van der Waals surface area contributed by atoms with E-state index < -0.39 is 12.1 Å². The first-order valence-corrected chi connectivity index (χ1v) is 6.65. The van der Waals surface area contributed by atoms with E-state index in [9.17, 15) is 14.7 Å². The molecule has 1 aromatic heterocycles. The van der Waals surface area contributed by atoms with Gasteiger partial charge in [-0.1, -0.05) is 0 Å². The highest BCUT2D eigenvalue weighted by atomic mass is 16.5. The second-order valence-electron chi connectivity index (χ2n) is 4.75. The molecule has 0 radical (unpaired) electrons. The van der Waals surface area contributed by atoms with Gasteiger partial charge in [0, 0.05) is 38.6 Å². The highest BCUT2D eigenvalue weighted by Gasteiger charge is 2.24. The summed E-state index contributed by atoms with van der Waals surface area (Å²) in [6.45, 7) is 3.63. The average Bonchev–Trinajstić information content (AvgIpc) is 2.53. The molecule has 0 unspecified atom stereocenters. The molecule has 0 aromatic carbocycles. The van der Waals surface area contributed by atoms with Crippen LogP contribution in [-0.2, 0) is 9.53 Å². The Hall–Kier alpha value is -2.22. The van der Waals surface area contributed by atoms with Gasteiger partial charge >= 0.3 is 5.97 Å². The third kappa shape index (κ3) is 3.46.